The van der Waals surface area contributed by atoms with Crippen LogP contribution in [0.3, 0.4) is 0 Å². The Labute approximate surface area is 183 Å². The Kier molecular flexibility index (Phi) is 6.50. The minimum Gasteiger partial charge on any atom is -0.334 e. The van der Waals surface area contributed by atoms with Crippen LogP contribution in [0.2, 0.25) is 0 Å². The minimum atomic E-state index is -3.62. The lowest BCUT2D eigenvalue weighted by Gasteiger charge is -2.30. The van der Waals surface area contributed by atoms with Crippen molar-refractivity contribution >= 4 is 10.0 Å². The smallest absolute Gasteiger partial charge is 0.258 e. The largest absolute Gasteiger partial charge is 0.334 e. The van der Waals surface area contributed by atoms with Gasteiger partial charge in [0.2, 0.25) is 15.8 Å². The molecule has 0 amide bonds. The van der Waals surface area contributed by atoms with Gasteiger partial charge in [-0.25, -0.2) is 13.1 Å². The van der Waals surface area contributed by atoms with Crippen molar-refractivity contribution in [2.24, 2.45) is 5.92 Å². The van der Waals surface area contributed by atoms with Crippen molar-refractivity contribution in [1.29, 1.82) is 0 Å². The van der Waals surface area contributed by atoms with Crippen LogP contribution in [0.5, 0.6) is 0 Å². The second kappa shape index (κ2) is 9.30. The number of piperidine rings is 1. The molecule has 4 rings (SSSR count). The van der Waals surface area contributed by atoms with E-state index >= 15 is 0 Å². The first kappa shape index (κ1) is 21.7. The van der Waals surface area contributed by atoms with Crippen LogP contribution in [0.15, 0.2) is 57.9 Å². The van der Waals surface area contributed by atoms with E-state index in [2.05, 4.69) is 26.7 Å². The van der Waals surface area contributed by atoms with E-state index in [-0.39, 0.29) is 10.8 Å². The molecule has 1 fully saturated rings. The van der Waals surface area contributed by atoms with Gasteiger partial charge in [-0.1, -0.05) is 48.0 Å². The molecule has 1 aliphatic heterocycles. The third kappa shape index (κ3) is 5.39. The number of hydrogen-bond acceptors (Lipinski definition) is 6. The maximum Gasteiger partial charge on any atom is 0.258 e. The molecule has 1 N–H and O–H groups in total. The third-order valence-corrected chi connectivity index (χ3v) is 7.18. The summed E-state index contributed by atoms with van der Waals surface area (Å²) in [5.41, 5.74) is 2.56. The van der Waals surface area contributed by atoms with Gasteiger partial charge in [0, 0.05) is 24.2 Å². The van der Waals surface area contributed by atoms with Crippen LogP contribution in [-0.4, -0.2) is 49.6 Å². The molecule has 164 valence electrons. The molecule has 2 heterocycles. The highest BCUT2D eigenvalue weighted by atomic mass is 32.2. The van der Waals surface area contributed by atoms with Crippen LogP contribution in [0.25, 0.3) is 22.8 Å². The molecule has 0 aliphatic carbocycles. The Bertz CT molecular complexity index is 1120. The molecule has 0 saturated carbocycles. The average molecular weight is 441 g/mol. The van der Waals surface area contributed by atoms with Crippen molar-refractivity contribution < 1.29 is 12.9 Å². The van der Waals surface area contributed by atoms with Crippen molar-refractivity contribution in [3.63, 3.8) is 0 Å². The summed E-state index contributed by atoms with van der Waals surface area (Å²) in [6.45, 7) is 7.44. The third-order valence-electron chi connectivity index (χ3n) is 5.72. The zero-order valence-corrected chi connectivity index (χ0v) is 18.7. The summed E-state index contributed by atoms with van der Waals surface area (Å²) in [4.78, 5) is 6.93. The molecule has 0 spiro atoms. The van der Waals surface area contributed by atoms with Crippen LogP contribution in [0.4, 0.5) is 0 Å². The molecule has 0 unspecified atom stereocenters. The summed E-state index contributed by atoms with van der Waals surface area (Å²) in [6.07, 6.45) is 2.34. The molecule has 3 aromatic rings. The number of nitrogens with one attached hydrogen (secondary N) is 1. The number of likely N-dealkylation sites (tertiary alicyclic amines) is 1. The Balaban J connectivity index is 1.43. The predicted octanol–water partition coefficient (Wildman–Crippen LogP) is 3.72. The summed E-state index contributed by atoms with van der Waals surface area (Å²) in [7, 11) is -3.62. The molecular formula is C23H28N4O3S. The zero-order valence-electron chi connectivity index (χ0n) is 17.9. The van der Waals surface area contributed by atoms with Crippen molar-refractivity contribution in [2.45, 2.75) is 31.6 Å². The number of benzene rings is 2. The lowest BCUT2D eigenvalue weighted by Crippen LogP contribution is -2.39. The number of hydrogen-bond donors (Lipinski definition) is 1. The van der Waals surface area contributed by atoms with E-state index in [1.165, 1.54) is 12.8 Å². The quantitative estimate of drug-likeness (QED) is 0.602. The zero-order chi connectivity index (χ0) is 21.8. The normalized spacial score (nSPS) is 15.9. The Morgan fingerprint density at radius 3 is 2.58 bits per heavy atom. The molecule has 31 heavy (non-hydrogen) atoms. The fourth-order valence-electron chi connectivity index (χ4n) is 3.66. The first-order chi connectivity index (χ1) is 14.9. The van der Waals surface area contributed by atoms with Gasteiger partial charge in [0.15, 0.2) is 0 Å². The molecule has 0 bridgehead atoms. The maximum absolute atomic E-state index is 12.8. The van der Waals surface area contributed by atoms with Crippen molar-refractivity contribution in [3.8, 4) is 22.8 Å². The minimum absolute atomic E-state index is 0.187. The van der Waals surface area contributed by atoms with E-state index in [0.29, 0.717) is 17.9 Å². The van der Waals surface area contributed by atoms with E-state index in [1.54, 1.807) is 24.3 Å². The topological polar surface area (TPSA) is 88.3 Å². The highest BCUT2D eigenvalue weighted by Crippen LogP contribution is 2.24. The fourth-order valence-corrected chi connectivity index (χ4v) is 4.73. The Morgan fingerprint density at radius 2 is 1.84 bits per heavy atom. The van der Waals surface area contributed by atoms with Crippen molar-refractivity contribution in [3.05, 3.63) is 54.1 Å². The number of nitrogens with zero attached hydrogens (tertiary/aromatic N) is 3. The maximum atomic E-state index is 12.8. The van der Waals surface area contributed by atoms with E-state index < -0.39 is 10.0 Å². The van der Waals surface area contributed by atoms with Gasteiger partial charge in [-0.05, 0) is 57.0 Å². The molecule has 2 aromatic carbocycles. The van der Waals surface area contributed by atoms with E-state index in [1.807, 2.05) is 31.2 Å². The molecule has 7 nitrogen and oxygen atoms in total. The van der Waals surface area contributed by atoms with Gasteiger partial charge in [0.05, 0.1) is 4.90 Å². The standard InChI is InChI=1S/C23H28N4O3S/c1-17-6-8-19(9-7-17)22-25-23(30-26-22)20-4-3-5-21(16-20)31(28,29)24-12-15-27-13-10-18(2)11-14-27/h3-9,16,18,24H,10-15H2,1-2H3. The summed E-state index contributed by atoms with van der Waals surface area (Å²) in [6, 6.07) is 14.4. The SMILES string of the molecule is Cc1ccc(-c2noc(-c3cccc(S(=O)(=O)NCCN4CCC(C)CC4)c3)n2)cc1. The van der Waals surface area contributed by atoms with Gasteiger partial charge in [0.1, 0.15) is 0 Å². The van der Waals surface area contributed by atoms with Gasteiger partial charge in [-0.3, -0.25) is 0 Å². The second-order valence-electron chi connectivity index (χ2n) is 8.24. The highest BCUT2D eigenvalue weighted by Gasteiger charge is 2.19. The highest BCUT2D eigenvalue weighted by molar-refractivity contribution is 7.89. The lowest BCUT2D eigenvalue weighted by atomic mass is 9.99. The lowest BCUT2D eigenvalue weighted by molar-refractivity contribution is 0.195. The van der Waals surface area contributed by atoms with Gasteiger partial charge in [-0.15, -0.1) is 0 Å². The average Bonchev–Trinajstić information content (AvgIpc) is 3.26. The molecule has 8 heteroatoms. The summed E-state index contributed by atoms with van der Waals surface area (Å²) >= 11 is 0. The summed E-state index contributed by atoms with van der Waals surface area (Å²) in [5, 5.41) is 4.03. The summed E-state index contributed by atoms with van der Waals surface area (Å²) in [5.74, 6) is 1.51. The van der Waals surface area contributed by atoms with Crippen LogP contribution in [-0.2, 0) is 10.0 Å². The Hall–Kier alpha value is -2.55. The number of rotatable bonds is 7. The van der Waals surface area contributed by atoms with Gasteiger partial charge in [0.25, 0.3) is 5.89 Å². The predicted molar refractivity (Wildman–Crippen MR) is 120 cm³/mol. The monoisotopic (exact) mass is 440 g/mol. The second-order valence-corrected chi connectivity index (χ2v) is 10.0. The van der Waals surface area contributed by atoms with E-state index in [0.717, 1.165) is 36.7 Å². The molecule has 1 aliphatic rings. The van der Waals surface area contributed by atoms with Gasteiger partial charge >= 0.3 is 0 Å². The molecule has 1 aromatic heterocycles. The van der Waals surface area contributed by atoms with Crippen molar-refractivity contribution in [2.75, 3.05) is 26.2 Å². The molecule has 0 atom stereocenters. The summed E-state index contributed by atoms with van der Waals surface area (Å²) < 4.78 is 33.6. The number of aryl methyl sites for hydroxylation is 1. The van der Waals surface area contributed by atoms with Crippen LogP contribution < -0.4 is 4.72 Å². The fraction of sp³-hybridized carbons (Fsp3) is 0.391. The van der Waals surface area contributed by atoms with Gasteiger partial charge < -0.3 is 9.42 Å². The van der Waals surface area contributed by atoms with Crippen LogP contribution in [0, 0.1) is 12.8 Å². The Morgan fingerprint density at radius 1 is 1.10 bits per heavy atom. The van der Waals surface area contributed by atoms with E-state index in [4.69, 9.17) is 4.52 Å². The van der Waals surface area contributed by atoms with Gasteiger partial charge in [-0.2, -0.15) is 4.98 Å². The number of sulfonamides is 1. The number of aromatic nitrogens is 2. The van der Waals surface area contributed by atoms with Crippen LogP contribution >= 0.6 is 0 Å². The molecule has 1 saturated heterocycles. The first-order valence-corrected chi connectivity index (χ1v) is 12.1. The first-order valence-electron chi connectivity index (χ1n) is 10.6. The van der Waals surface area contributed by atoms with Crippen molar-refractivity contribution in [1.82, 2.24) is 19.8 Å². The molecular weight excluding hydrogens is 412 g/mol. The van der Waals surface area contributed by atoms with Crippen LogP contribution in [0.1, 0.15) is 25.3 Å². The van der Waals surface area contributed by atoms with E-state index in [9.17, 15) is 8.42 Å². The molecule has 0 radical (unpaired) electrons.